The Bertz CT molecular complexity index is 1360. The molecule has 9 heteroatoms. The lowest BCUT2D eigenvalue weighted by Gasteiger charge is -2.31. The summed E-state index contributed by atoms with van der Waals surface area (Å²) in [6.07, 6.45) is 3.86. The summed E-state index contributed by atoms with van der Waals surface area (Å²) < 4.78 is 10.9. The van der Waals surface area contributed by atoms with Gasteiger partial charge >= 0.3 is 6.09 Å². The first kappa shape index (κ1) is 26.8. The molecule has 4 atom stereocenters. The number of fused-ring (bicyclic) bond motifs is 3. The number of aromatic hydroxyl groups is 1. The number of ether oxygens (including phenoxy) is 2. The molecule has 0 spiro atoms. The Morgan fingerprint density at radius 2 is 1.92 bits per heavy atom. The second kappa shape index (κ2) is 10.7. The minimum atomic E-state index is -0.980. The molecule has 0 bridgehead atoms. The largest absolute Gasteiger partial charge is 0.507 e. The number of hydrogen-bond acceptors (Lipinski definition) is 8. The number of likely N-dealkylation sites (tertiary alicyclic amines) is 1. The molecule has 1 aromatic heterocycles. The van der Waals surface area contributed by atoms with Crippen molar-refractivity contribution in [3.05, 3.63) is 70.1 Å². The number of nitrogens with zero attached hydrogens (tertiary/aromatic N) is 2. The molecule has 2 N–H and O–H groups in total. The second-order valence-corrected chi connectivity index (χ2v) is 10.4. The van der Waals surface area contributed by atoms with Crippen LogP contribution in [0.1, 0.15) is 41.6 Å². The van der Waals surface area contributed by atoms with E-state index >= 15 is 0 Å². The van der Waals surface area contributed by atoms with Gasteiger partial charge in [0, 0.05) is 12.1 Å². The molecule has 2 aromatic rings. The summed E-state index contributed by atoms with van der Waals surface area (Å²) in [6.45, 7) is 3.71. The van der Waals surface area contributed by atoms with Crippen LogP contribution in [-0.2, 0) is 19.1 Å². The number of carbonyl (C=O) groups excluding carboxylic acids is 3. The number of pyridine rings is 1. The standard InChI is InChI=1S/C30H32N2O7/c1-16-10-18(11-17(2)27(16)34)12-19(23-6-4-5-9-31-23)7-8-24-25-20(14-33)13-21-26(22(25)15-39-24)29(36)32(28(21)35)30(37)38-3/h4-6,9-12,21-22,24,26,33-34H,7-8,13-15H2,1-3H3/b19-12-/t21-,22+,24-,26-/m1/s1. The number of allylic oxidation sites excluding steroid dienone is 1. The molecule has 1 aliphatic carbocycles. The fraction of sp³-hybridized carbons (Fsp3) is 0.400. The van der Waals surface area contributed by atoms with Gasteiger partial charge in [0.1, 0.15) is 5.75 Å². The number of rotatable bonds is 6. The lowest BCUT2D eigenvalue weighted by atomic mass is 9.69. The molecule has 3 amide bonds. The van der Waals surface area contributed by atoms with E-state index in [1.807, 2.05) is 44.2 Å². The van der Waals surface area contributed by atoms with Crippen LogP contribution in [0.3, 0.4) is 0 Å². The zero-order valence-corrected chi connectivity index (χ0v) is 22.2. The third kappa shape index (κ3) is 4.77. The Morgan fingerprint density at radius 3 is 2.56 bits per heavy atom. The van der Waals surface area contributed by atoms with Gasteiger partial charge in [-0.2, -0.15) is 4.90 Å². The van der Waals surface area contributed by atoms with Crippen LogP contribution in [0.5, 0.6) is 5.75 Å². The lowest BCUT2D eigenvalue weighted by molar-refractivity contribution is -0.137. The first-order chi connectivity index (χ1) is 18.7. The van der Waals surface area contributed by atoms with E-state index in [-0.39, 0.29) is 37.4 Å². The molecule has 0 saturated carbocycles. The average molecular weight is 533 g/mol. The summed E-state index contributed by atoms with van der Waals surface area (Å²) >= 11 is 0. The van der Waals surface area contributed by atoms with Crippen molar-refractivity contribution in [2.75, 3.05) is 20.3 Å². The normalized spacial score (nSPS) is 24.7. The Hall–Kier alpha value is -3.82. The molecule has 3 heterocycles. The van der Waals surface area contributed by atoms with Crippen LogP contribution in [0.25, 0.3) is 11.6 Å². The minimum absolute atomic E-state index is 0.208. The average Bonchev–Trinajstić information content (AvgIpc) is 3.47. The van der Waals surface area contributed by atoms with Crippen LogP contribution in [0.4, 0.5) is 4.79 Å². The molecule has 2 fully saturated rings. The number of hydrogen-bond donors (Lipinski definition) is 2. The molecule has 2 saturated heterocycles. The van der Waals surface area contributed by atoms with E-state index < -0.39 is 29.7 Å². The van der Waals surface area contributed by atoms with Crippen molar-refractivity contribution in [2.24, 2.45) is 17.8 Å². The number of benzene rings is 1. The first-order valence-corrected chi connectivity index (χ1v) is 13.1. The summed E-state index contributed by atoms with van der Waals surface area (Å²) in [5, 5.41) is 20.4. The zero-order chi connectivity index (χ0) is 27.8. The van der Waals surface area contributed by atoms with Gasteiger partial charge in [-0.05, 0) is 96.9 Å². The van der Waals surface area contributed by atoms with Gasteiger partial charge in [-0.25, -0.2) is 4.79 Å². The molecule has 0 radical (unpaired) electrons. The van der Waals surface area contributed by atoms with Crippen molar-refractivity contribution < 1.29 is 34.1 Å². The number of methoxy groups -OCH3 is 1. The van der Waals surface area contributed by atoms with Crippen molar-refractivity contribution >= 4 is 29.6 Å². The van der Waals surface area contributed by atoms with E-state index in [0.29, 0.717) is 23.3 Å². The highest BCUT2D eigenvalue weighted by atomic mass is 16.5. The number of aromatic nitrogens is 1. The van der Waals surface area contributed by atoms with Crippen molar-refractivity contribution in [3.8, 4) is 5.75 Å². The van der Waals surface area contributed by atoms with Gasteiger partial charge < -0.3 is 19.7 Å². The van der Waals surface area contributed by atoms with Gasteiger partial charge in [0.2, 0.25) is 11.8 Å². The number of aliphatic hydroxyl groups is 1. The predicted octanol–water partition coefficient (Wildman–Crippen LogP) is 3.80. The number of imide groups is 3. The number of carbonyl (C=O) groups is 3. The smallest absolute Gasteiger partial charge is 0.423 e. The van der Waals surface area contributed by atoms with Crippen LogP contribution in [0, 0.1) is 31.6 Å². The molecular formula is C30H32N2O7. The lowest BCUT2D eigenvalue weighted by Crippen LogP contribution is -2.38. The van der Waals surface area contributed by atoms with E-state index in [4.69, 9.17) is 4.74 Å². The van der Waals surface area contributed by atoms with Crippen molar-refractivity contribution in [1.29, 1.82) is 0 Å². The van der Waals surface area contributed by atoms with Crippen LogP contribution in [-0.4, -0.2) is 64.4 Å². The molecule has 204 valence electrons. The molecular weight excluding hydrogens is 500 g/mol. The summed E-state index contributed by atoms with van der Waals surface area (Å²) in [4.78, 5) is 43.4. The Labute approximate surface area is 226 Å². The topological polar surface area (TPSA) is 126 Å². The molecule has 0 unspecified atom stereocenters. The third-order valence-corrected chi connectivity index (χ3v) is 8.08. The molecule has 1 aromatic carbocycles. The molecule has 3 aliphatic rings. The summed E-state index contributed by atoms with van der Waals surface area (Å²) in [5.41, 5.74) is 5.89. The Kier molecular flexibility index (Phi) is 7.38. The van der Waals surface area contributed by atoms with Crippen molar-refractivity contribution in [2.45, 2.75) is 39.2 Å². The van der Waals surface area contributed by atoms with Crippen LogP contribution in [0.2, 0.25) is 0 Å². The monoisotopic (exact) mass is 532 g/mol. The van der Waals surface area contributed by atoms with E-state index in [9.17, 15) is 24.6 Å². The quantitative estimate of drug-likeness (QED) is 0.425. The highest BCUT2D eigenvalue weighted by Gasteiger charge is 2.58. The van der Waals surface area contributed by atoms with E-state index in [1.165, 1.54) is 0 Å². The van der Waals surface area contributed by atoms with E-state index in [1.54, 1.807) is 6.20 Å². The number of aryl methyl sites for hydroxylation is 2. The van der Waals surface area contributed by atoms with Gasteiger partial charge in [0.05, 0.1) is 44.0 Å². The molecule has 5 rings (SSSR count). The number of phenolic OH excluding ortho intramolecular Hbond substituents is 1. The minimum Gasteiger partial charge on any atom is -0.507 e. The number of phenols is 1. The third-order valence-electron chi connectivity index (χ3n) is 8.08. The Balaban J connectivity index is 1.43. The zero-order valence-electron chi connectivity index (χ0n) is 22.2. The maximum Gasteiger partial charge on any atom is 0.423 e. The molecule has 2 aliphatic heterocycles. The van der Waals surface area contributed by atoms with Gasteiger partial charge in [-0.15, -0.1) is 0 Å². The maximum atomic E-state index is 13.2. The van der Waals surface area contributed by atoms with Crippen molar-refractivity contribution in [3.63, 3.8) is 0 Å². The molecule has 9 nitrogen and oxygen atoms in total. The fourth-order valence-electron chi connectivity index (χ4n) is 6.28. The van der Waals surface area contributed by atoms with Gasteiger partial charge in [-0.1, -0.05) is 6.07 Å². The molecule has 39 heavy (non-hydrogen) atoms. The SMILES string of the molecule is COC(=O)N1C(=O)[C@@H]2[C@@H](CC(CO)=C3[C@@H](CC/C(=C/c4cc(C)c(O)c(C)c4)c4ccccn4)OC[C@@H]32)C1=O. The van der Waals surface area contributed by atoms with Gasteiger partial charge in [-0.3, -0.25) is 14.6 Å². The van der Waals surface area contributed by atoms with Gasteiger partial charge in [0.15, 0.2) is 0 Å². The van der Waals surface area contributed by atoms with E-state index in [2.05, 4.69) is 15.8 Å². The summed E-state index contributed by atoms with van der Waals surface area (Å²) in [7, 11) is 1.13. The van der Waals surface area contributed by atoms with Crippen LogP contribution < -0.4 is 0 Å². The highest BCUT2D eigenvalue weighted by molar-refractivity contribution is 6.16. The van der Waals surface area contributed by atoms with Gasteiger partial charge in [0.25, 0.3) is 0 Å². The Morgan fingerprint density at radius 1 is 1.18 bits per heavy atom. The predicted molar refractivity (Wildman–Crippen MR) is 142 cm³/mol. The highest BCUT2D eigenvalue weighted by Crippen LogP contribution is 2.50. The van der Waals surface area contributed by atoms with E-state index in [0.717, 1.165) is 40.6 Å². The fourth-order valence-corrected chi connectivity index (χ4v) is 6.28. The number of amides is 3. The van der Waals surface area contributed by atoms with Crippen molar-refractivity contribution in [1.82, 2.24) is 9.88 Å². The maximum absolute atomic E-state index is 13.2. The van der Waals surface area contributed by atoms with Crippen LogP contribution in [0.15, 0.2) is 47.7 Å². The summed E-state index contributed by atoms with van der Waals surface area (Å²) in [5.74, 6) is -2.66. The summed E-state index contributed by atoms with van der Waals surface area (Å²) in [6, 6.07) is 9.58. The second-order valence-electron chi connectivity index (χ2n) is 10.4. The first-order valence-electron chi connectivity index (χ1n) is 13.1. The van der Waals surface area contributed by atoms with Crippen LogP contribution >= 0.6 is 0 Å². The number of aliphatic hydroxyl groups excluding tert-OH is 1.